The fraction of sp³-hybridized carbons (Fsp3) is 0.391. The number of esters is 1. The summed E-state index contributed by atoms with van der Waals surface area (Å²) in [5, 5.41) is 21.5. The van der Waals surface area contributed by atoms with Crippen LogP contribution in [0.5, 0.6) is 5.75 Å². The van der Waals surface area contributed by atoms with Crippen LogP contribution in [0.1, 0.15) is 58.9 Å². The van der Waals surface area contributed by atoms with E-state index in [1.54, 1.807) is 31.2 Å². The molecule has 1 amide bonds. The Balaban J connectivity index is 2.29. The van der Waals surface area contributed by atoms with Crippen LogP contribution in [0.15, 0.2) is 30.3 Å². The Morgan fingerprint density at radius 2 is 1.81 bits per heavy atom. The maximum Gasteiger partial charge on any atom is 0.328 e. The van der Waals surface area contributed by atoms with Crippen LogP contribution in [-0.2, 0) is 25.9 Å². The number of phenolic OH excluding ortho intramolecular Hbond substituents is 1. The topological polar surface area (TPSA) is 113 Å². The average Bonchev–Trinajstić information content (AvgIpc) is 2.71. The molecule has 31 heavy (non-hydrogen) atoms. The Hall–Kier alpha value is -2.76. The first kappa shape index (κ1) is 24.5. The van der Waals surface area contributed by atoms with Crippen LogP contribution >= 0.6 is 8.46 Å². The molecule has 2 aromatic carbocycles. The van der Waals surface area contributed by atoms with E-state index < -0.39 is 23.3 Å². The highest BCUT2D eigenvalue weighted by molar-refractivity contribution is 7.25. The third-order valence-corrected chi connectivity index (χ3v) is 5.71. The molecule has 0 saturated carbocycles. The lowest BCUT2D eigenvalue weighted by molar-refractivity contribution is -0.144. The first-order valence-corrected chi connectivity index (χ1v) is 10.8. The Labute approximate surface area is 183 Å². The van der Waals surface area contributed by atoms with E-state index in [0.717, 1.165) is 22.3 Å². The SMILES string of the molecule is CCOC(=O)C(C)NC(=O)c1cc(Cc2c(C)cc(C(C)(O)P=O)cc2C)ccc1O. The summed E-state index contributed by atoms with van der Waals surface area (Å²) < 4.78 is 16.2. The predicted octanol–water partition coefficient (Wildman–Crippen LogP) is 3.74. The minimum absolute atomic E-state index is 0.0636. The quantitative estimate of drug-likeness (QED) is 0.422. The number of carbonyl (C=O) groups is 2. The molecule has 2 aromatic rings. The molecule has 0 fully saturated rings. The van der Waals surface area contributed by atoms with Gasteiger partial charge in [0.2, 0.25) is 0 Å². The number of rotatable bonds is 8. The number of aryl methyl sites for hydroxylation is 2. The number of amides is 1. The molecule has 0 aliphatic rings. The third-order valence-electron chi connectivity index (χ3n) is 5.09. The standard InChI is InChI=1S/C23H28NO6P/c1-6-30-22(27)15(4)24-21(26)19-12-16(7-8-20(19)25)11-18-13(2)9-17(10-14(18)3)23(5,28)31-29/h7-10,12,15,25,28H,6,11H2,1-5H3,(H,24,26). The van der Waals surface area contributed by atoms with Crippen molar-refractivity contribution in [3.05, 3.63) is 63.7 Å². The number of benzene rings is 2. The van der Waals surface area contributed by atoms with Gasteiger partial charge in [0.1, 0.15) is 11.8 Å². The molecule has 0 bridgehead atoms. The zero-order valence-corrected chi connectivity index (χ0v) is 19.2. The molecule has 3 N–H and O–H groups in total. The van der Waals surface area contributed by atoms with Crippen molar-refractivity contribution >= 4 is 20.3 Å². The van der Waals surface area contributed by atoms with Gasteiger partial charge in [-0.2, -0.15) is 0 Å². The van der Waals surface area contributed by atoms with Gasteiger partial charge in [-0.25, -0.2) is 4.79 Å². The highest BCUT2D eigenvalue weighted by Gasteiger charge is 2.25. The van der Waals surface area contributed by atoms with Crippen LogP contribution in [0, 0.1) is 13.8 Å². The van der Waals surface area contributed by atoms with E-state index in [0.29, 0.717) is 12.0 Å². The van der Waals surface area contributed by atoms with Crippen LogP contribution in [0.3, 0.4) is 0 Å². The normalized spacial score (nSPS) is 14.0. The van der Waals surface area contributed by atoms with Crippen molar-refractivity contribution in [1.82, 2.24) is 5.32 Å². The summed E-state index contributed by atoms with van der Waals surface area (Å²) in [6.07, 6.45) is 0.489. The average molecular weight is 445 g/mol. The van der Waals surface area contributed by atoms with E-state index in [9.17, 15) is 24.4 Å². The van der Waals surface area contributed by atoms with E-state index in [1.165, 1.54) is 19.9 Å². The van der Waals surface area contributed by atoms with Gasteiger partial charge < -0.3 is 20.3 Å². The summed E-state index contributed by atoms with van der Waals surface area (Å²) >= 11 is 0. The van der Waals surface area contributed by atoms with Crippen LogP contribution in [-0.4, -0.2) is 34.7 Å². The van der Waals surface area contributed by atoms with Crippen LogP contribution < -0.4 is 5.32 Å². The van der Waals surface area contributed by atoms with Gasteiger partial charge in [0.25, 0.3) is 5.91 Å². The number of aromatic hydroxyl groups is 1. The number of hydrogen-bond donors (Lipinski definition) is 3. The number of nitrogens with one attached hydrogen (secondary N) is 1. The fourth-order valence-corrected chi connectivity index (χ4v) is 3.51. The molecule has 0 radical (unpaired) electrons. The predicted molar refractivity (Wildman–Crippen MR) is 118 cm³/mol. The number of aliphatic hydroxyl groups is 1. The van der Waals surface area contributed by atoms with Crippen molar-refractivity contribution in [3.63, 3.8) is 0 Å². The number of carbonyl (C=O) groups excluding carboxylic acids is 2. The minimum Gasteiger partial charge on any atom is -0.507 e. The first-order valence-electron chi connectivity index (χ1n) is 9.97. The molecule has 0 saturated heterocycles. The molecular weight excluding hydrogens is 417 g/mol. The summed E-state index contributed by atoms with van der Waals surface area (Å²) in [6, 6.07) is 7.49. The lowest BCUT2D eigenvalue weighted by Crippen LogP contribution is -2.39. The molecule has 2 rings (SSSR count). The zero-order valence-electron chi connectivity index (χ0n) is 18.4. The molecule has 166 valence electrons. The van der Waals surface area contributed by atoms with Crippen LogP contribution in [0.4, 0.5) is 0 Å². The van der Waals surface area contributed by atoms with Crippen molar-refractivity contribution in [2.45, 2.75) is 52.4 Å². The summed E-state index contributed by atoms with van der Waals surface area (Å²) in [5.41, 5.74) is 4.23. The van der Waals surface area contributed by atoms with Gasteiger partial charge in [-0.15, -0.1) is 0 Å². The second-order valence-corrected chi connectivity index (χ2v) is 8.73. The maximum atomic E-state index is 12.6. The Morgan fingerprint density at radius 1 is 1.19 bits per heavy atom. The lowest BCUT2D eigenvalue weighted by Gasteiger charge is -2.19. The summed E-state index contributed by atoms with van der Waals surface area (Å²) in [7, 11) is -0.381. The van der Waals surface area contributed by atoms with E-state index >= 15 is 0 Å². The van der Waals surface area contributed by atoms with Crippen LogP contribution in [0.25, 0.3) is 0 Å². The molecule has 2 atom stereocenters. The van der Waals surface area contributed by atoms with Crippen LogP contribution in [0.2, 0.25) is 0 Å². The van der Waals surface area contributed by atoms with Gasteiger partial charge in [0, 0.05) is 0 Å². The minimum atomic E-state index is -1.46. The summed E-state index contributed by atoms with van der Waals surface area (Å²) in [5.74, 6) is -1.31. The van der Waals surface area contributed by atoms with Crippen molar-refractivity contribution in [1.29, 1.82) is 0 Å². The lowest BCUT2D eigenvalue weighted by atomic mass is 9.92. The second kappa shape index (κ2) is 10.0. The molecule has 7 nitrogen and oxygen atoms in total. The van der Waals surface area contributed by atoms with Gasteiger partial charge >= 0.3 is 5.97 Å². The summed E-state index contributed by atoms with van der Waals surface area (Å²) in [6.45, 7) is 8.69. The van der Waals surface area contributed by atoms with Crippen molar-refractivity contribution in [3.8, 4) is 5.75 Å². The van der Waals surface area contributed by atoms with Crippen molar-refractivity contribution in [2.24, 2.45) is 0 Å². The molecule has 0 aromatic heterocycles. The van der Waals surface area contributed by atoms with Gasteiger partial charge in [0.15, 0.2) is 13.8 Å². The van der Waals surface area contributed by atoms with E-state index in [4.69, 9.17) is 4.74 Å². The van der Waals surface area contributed by atoms with Crippen molar-refractivity contribution < 1.29 is 29.1 Å². The highest BCUT2D eigenvalue weighted by Crippen LogP contribution is 2.34. The first-order chi connectivity index (χ1) is 14.5. The number of hydrogen-bond acceptors (Lipinski definition) is 6. The smallest absolute Gasteiger partial charge is 0.328 e. The zero-order chi connectivity index (χ0) is 23.3. The number of phenols is 1. The molecule has 2 unspecified atom stereocenters. The maximum absolute atomic E-state index is 12.6. The Bertz CT molecular complexity index is 979. The van der Waals surface area contributed by atoms with Gasteiger partial charge in [-0.05, 0) is 81.0 Å². The largest absolute Gasteiger partial charge is 0.507 e. The third kappa shape index (κ3) is 5.90. The van der Waals surface area contributed by atoms with Gasteiger partial charge in [0.05, 0.1) is 12.2 Å². The Kier molecular flexibility index (Phi) is 7.93. The monoisotopic (exact) mass is 445 g/mol. The second-order valence-electron chi connectivity index (χ2n) is 7.68. The molecule has 0 aliphatic carbocycles. The van der Waals surface area contributed by atoms with Gasteiger partial charge in [-0.1, -0.05) is 18.2 Å². The van der Waals surface area contributed by atoms with E-state index in [1.807, 2.05) is 13.8 Å². The molecular formula is C23H28NO6P. The summed E-state index contributed by atoms with van der Waals surface area (Å²) in [4.78, 5) is 24.3. The highest BCUT2D eigenvalue weighted by atomic mass is 31.1. The van der Waals surface area contributed by atoms with E-state index in [2.05, 4.69) is 5.32 Å². The van der Waals surface area contributed by atoms with Crippen molar-refractivity contribution in [2.75, 3.05) is 6.61 Å². The van der Waals surface area contributed by atoms with E-state index in [-0.39, 0.29) is 26.4 Å². The Morgan fingerprint density at radius 3 is 2.35 bits per heavy atom. The molecule has 0 spiro atoms. The van der Waals surface area contributed by atoms with Gasteiger partial charge in [-0.3, -0.25) is 9.36 Å². The molecule has 0 heterocycles. The molecule has 8 heteroatoms. The molecule has 0 aliphatic heterocycles. The fourth-order valence-electron chi connectivity index (χ4n) is 3.28. The number of ether oxygens (including phenoxy) is 1.